The molecule has 0 bridgehead atoms. The molecule has 2 aromatic carbocycles. The van der Waals surface area contributed by atoms with Gasteiger partial charge in [0.25, 0.3) is 0 Å². The molecule has 29 heavy (non-hydrogen) atoms. The number of hydrogen-bond acceptors (Lipinski definition) is 4. The molecule has 1 aromatic heterocycles. The van der Waals surface area contributed by atoms with E-state index >= 15 is 0 Å². The van der Waals surface area contributed by atoms with Crippen molar-refractivity contribution in [2.75, 3.05) is 12.3 Å². The molecule has 0 saturated heterocycles. The number of unbranched alkanes of at least 4 members (excludes halogenated alkanes) is 1. The summed E-state index contributed by atoms with van der Waals surface area (Å²) in [7, 11) is 0. The van der Waals surface area contributed by atoms with Crippen molar-refractivity contribution in [2.45, 2.75) is 57.6 Å². The zero-order valence-corrected chi connectivity index (χ0v) is 17.5. The number of fused-ring (bicyclic) bond motifs is 1. The van der Waals surface area contributed by atoms with Crippen LogP contribution in [-0.4, -0.2) is 23.3 Å². The number of nitrogens with one attached hydrogen (secondary N) is 1. The Labute approximate surface area is 180 Å². The van der Waals surface area contributed by atoms with Crippen molar-refractivity contribution < 1.29 is 0 Å². The van der Waals surface area contributed by atoms with Crippen molar-refractivity contribution in [1.82, 2.24) is 10.3 Å². The minimum Gasteiger partial charge on any atom is -0.330 e. The summed E-state index contributed by atoms with van der Waals surface area (Å²) in [4.78, 5) is 4.50. The molecule has 3 rings (SSSR count). The standard InChI is InChI=1S/C24H31N3S.CH4/c1-19(7-5-6-10-20-8-3-2-4-9-20)27-18-21-11-12-23-22(17-21)13-15-26-24(23)28-16-14-25;/h2-4,8-9,11-13,15,17,19,27H,5-7,10,14,16,18,25H2,1H3;1H4/t19-;/m1./s1. The van der Waals surface area contributed by atoms with Gasteiger partial charge in [0.05, 0.1) is 0 Å². The van der Waals surface area contributed by atoms with Gasteiger partial charge in [-0.05, 0) is 54.8 Å². The van der Waals surface area contributed by atoms with E-state index in [0.29, 0.717) is 12.6 Å². The van der Waals surface area contributed by atoms with Crippen molar-refractivity contribution in [3.8, 4) is 0 Å². The van der Waals surface area contributed by atoms with Gasteiger partial charge in [0.15, 0.2) is 0 Å². The van der Waals surface area contributed by atoms with Crippen LogP contribution in [0.2, 0.25) is 0 Å². The maximum atomic E-state index is 5.63. The van der Waals surface area contributed by atoms with Crippen LogP contribution in [0.4, 0.5) is 0 Å². The van der Waals surface area contributed by atoms with Gasteiger partial charge in [-0.25, -0.2) is 4.98 Å². The normalized spacial score (nSPS) is 11.9. The molecule has 0 saturated carbocycles. The number of aryl methyl sites for hydroxylation is 1. The van der Waals surface area contributed by atoms with E-state index in [1.807, 2.05) is 6.20 Å². The summed E-state index contributed by atoms with van der Waals surface area (Å²) in [6.07, 6.45) is 6.80. The average Bonchev–Trinajstić information content (AvgIpc) is 2.74. The molecular weight excluding hydrogens is 374 g/mol. The Bertz CT molecular complexity index is 851. The molecule has 0 unspecified atom stereocenters. The van der Waals surface area contributed by atoms with Crippen LogP contribution in [0.3, 0.4) is 0 Å². The van der Waals surface area contributed by atoms with Gasteiger partial charge in [0.1, 0.15) is 5.03 Å². The number of nitrogens with zero attached hydrogens (tertiary/aromatic N) is 1. The number of aromatic nitrogens is 1. The summed E-state index contributed by atoms with van der Waals surface area (Å²) in [5.41, 5.74) is 8.39. The summed E-state index contributed by atoms with van der Waals surface area (Å²) in [5, 5.41) is 7.23. The second-order valence-corrected chi connectivity index (χ2v) is 8.41. The van der Waals surface area contributed by atoms with E-state index in [9.17, 15) is 0 Å². The number of pyridine rings is 1. The molecule has 0 radical (unpaired) electrons. The molecule has 3 N–H and O–H groups in total. The molecule has 3 aromatic rings. The Morgan fingerprint density at radius 3 is 2.66 bits per heavy atom. The van der Waals surface area contributed by atoms with Gasteiger partial charge in [-0.2, -0.15) is 0 Å². The van der Waals surface area contributed by atoms with Crippen LogP contribution in [-0.2, 0) is 13.0 Å². The smallest absolute Gasteiger partial charge is 0.104 e. The third-order valence-electron chi connectivity index (χ3n) is 5.00. The van der Waals surface area contributed by atoms with Gasteiger partial charge in [0, 0.05) is 36.5 Å². The first kappa shape index (κ1) is 23.4. The Balaban J connectivity index is 0.00000300. The van der Waals surface area contributed by atoms with Crippen LogP contribution in [0.25, 0.3) is 10.8 Å². The first-order valence-electron chi connectivity index (χ1n) is 10.2. The minimum absolute atomic E-state index is 0. The molecule has 1 atom stereocenters. The van der Waals surface area contributed by atoms with Crippen LogP contribution in [0.15, 0.2) is 65.8 Å². The quantitative estimate of drug-likeness (QED) is 0.310. The van der Waals surface area contributed by atoms with Crippen LogP contribution >= 0.6 is 11.8 Å². The molecule has 0 aliphatic heterocycles. The number of hydrogen-bond donors (Lipinski definition) is 2. The number of nitrogens with two attached hydrogens (primary N) is 1. The van der Waals surface area contributed by atoms with E-state index < -0.39 is 0 Å². The maximum absolute atomic E-state index is 5.63. The zero-order chi connectivity index (χ0) is 19.6. The lowest BCUT2D eigenvalue weighted by atomic mass is 10.0. The summed E-state index contributed by atoms with van der Waals surface area (Å²) < 4.78 is 0. The maximum Gasteiger partial charge on any atom is 0.104 e. The predicted molar refractivity (Wildman–Crippen MR) is 129 cm³/mol. The van der Waals surface area contributed by atoms with Gasteiger partial charge in [-0.3, -0.25) is 0 Å². The molecule has 0 spiro atoms. The highest BCUT2D eigenvalue weighted by molar-refractivity contribution is 7.99. The van der Waals surface area contributed by atoms with Gasteiger partial charge in [-0.15, -0.1) is 11.8 Å². The number of rotatable bonds is 11. The van der Waals surface area contributed by atoms with Crippen LogP contribution in [0.5, 0.6) is 0 Å². The summed E-state index contributed by atoms with van der Waals surface area (Å²) in [6.45, 7) is 3.87. The lowest BCUT2D eigenvalue weighted by Crippen LogP contribution is -2.25. The van der Waals surface area contributed by atoms with E-state index in [-0.39, 0.29) is 7.43 Å². The Morgan fingerprint density at radius 2 is 1.86 bits per heavy atom. The monoisotopic (exact) mass is 409 g/mol. The van der Waals surface area contributed by atoms with Gasteiger partial charge < -0.3 is 11.1 Å². The topological polar surface area (TPSA) is 50.9 Å². The fourth-order valence-corrected chi connectivity index (χ4v) is 4.19. The second-order valence-electron chi connectivity index (χ2n) is 7.32. The van der Waals surface area contributed by atoms with Crippen molar-refractivity contribution in [3.63, 3.8) is 0 Å². The van der Waals surface area contributed by atoms with Gasteiger partial charge in [-0.1, -0.05) is 56.3 Å². The number of thioether (sulfide) groups is 1. The van der Waals surface area contributed by atoms with Crippen LogP contribution < -0.4 is 11.1 Å². The van der Waals surface area contributed by atoms with Crippen LogP contribution in [0.1, 0.15) is 44.7 Å². The third kappa shape index (κ3) is 7.46. The summed E-state index contributed by atoms with van der Waals surface area (Å²) in [5.74, 6) is 0.900. The largest absolute Gasteiger partial charge is 0.330 e. The van der Waals surface area contributed by atoms with Gasteiger partial charge in [0.2, 0.25) is 0 Å². The fourth-order valence-electron chi connectivity index (χ4n) is 3.40. The van der Waals surface area contributed by atoms with E-state index in [4.69, 9.17) is 5.73 Å². The highest BCUT2D eigenvalue weighted by Crippen LogP contribution is 2.26. The van der Waals surface area contributed by atoms with E-state index in [1.54, 1.807) is 11.8 Å². The van der Waals surface area contributed by atoms with Gasteiger partial charge >= 0.3 is 0 Å². The third-order valence-corrected chi connectivity index (χ3v) is 6.04. The SMILES string of the molecule is C.C[C@H](CCCCc1ccccc1)NCc1ccc2c(SCCN)nccc2c1. The Morgan fingerprint density at radius 1 is 1.03 bits per heavy atom. The molecule has 0 aliphatic carbocycles. The number of benzene rings is 2. The second kappa shape index (κ2) is 12.6. The average molecular weight is 410 g/mol. The molecule has 1 heterocycles. The zero-order valence-electron chi connectivity index (χ0n) is 16.7. The highest BCUT2D eigenvalue weighted by Gasteiger charge is 2.06. The molecule has 0 aliphatic rings. The van der Waals surface area contributed by atoms with Crippen molar-refractivity contribution in [1.29, 1.82) is 0 Å². The van der Waals surface area contributed by atoms with E-state index in [2.05, 4.69) is 71.8 Å². The van der Waals surface area contributed by atoms with Crippen LogP contribution in [0, 0.1) is 0 Å². The molecule has 0 amide bonds. The van der Waals surface area contributed by atoms with Crippen molar-refractivity contribution in [2.24, 2.45) is 5.73 Å². The highest BCUT2D eigenvalue weighted by atomic mass is 32.2. The summed E-state index contributed by atoms with van der Waals surface area (Å²) >= 11 is 1.73. The fraction of sp³-hybridized carbons (Fsp3) is 0.400. The lowest BCUT2D eigenvalue weighted by molar-refractivity contribution is 0.489. The Hall–Kier alpha value is -1.88. The van der Waals surface area contributed by atoms with Crippen molar-refractivity contribution >= 4 is 22.5 Å². The first-order valence-corrected chi connectivity index (χ1v) is 11.2. The van der Waals surface area contributed by atoms with E-state index in [1.165, 1.54) is 47.6 Å². The molecule has 4 heteroatoms. The molecular formula is C25H35N3S. The summed E-state index contributed by atoms with van der Waals surface area (Å²) in [6, 6.07) is 20.1. The minimum atomic E-state index is 0. The predicted octanol–water partition coefficient (Wildman–Crippen LogP) is 5.81. The molecule has 156 valence electrons. The lowest BCUT2D eigenvalue weighted by Gasteiger charge is -2.14. The molecule has 3 nitrogen and oxygen atoms in total. The van der Waals surface area contributed by atoms with Crippen molar-refractivity contribution in [3.05, 3.63) is 71.9 Å². The Kier molecular flexibility index (Phi) is 10.2. The van der Waals surface area contributed by atoms with E-state index in [0.717, 1.165) is 17.3 Å². The first-order chi connectivity index (χ1) is 13.8. The molecule has 0 fully saturated rings.